The van der Waals surface area contributed by atoms with E-state index in [4.69, 9.17) is 5.73 Å². The summed E-state index contributed by atoms with van der Waals surface area (Å²) in [6, 6.07) is 3.17. The Morgan fingerprint density at radius 3 is 2.24 bits per heavy atom. The van der Waals surface area contributed by atoms with Gasteiger partial charge in [0.25, 0.3) is 5.91 Å². The van der Waals surface area contributed by atoms with E-state index >= 15 is 0 Å². The number of ketones is 1. The fourth-order valence-electron chi connectivity index (χ4n) is 3.76. The quantitative estimate of drug-likeness (QED) is 0.255. The molecular formula is C22H32N4O7. The van der Waals surface area contributed by atoms with Crippen molar-refractivity contribution in [2.45, 2.75) is 69.9 Å². The van der Waals surface area contributed by atoms with Crippen LogP contribution in [-0.4, -0.2) is 68.8 Å². The number of primary amides is 1. The van der Waals surface area contributed by atoms with Crippen LogP contribution in [0.25, 0.3) is 0 Å². The molecule has 2 rings (SSSR count). The van der Waals surface area contributed by atoms with Gasteiger partial charge < -0.3 is 37.0 Å². The first-order valence-corrected chi connectivity index (χ1v) is 10.7. The number of carbonyl (C=O) groups excluding carboxylic acids is 4. The van der Waals surface area contributed by atoms with Crippen molar-refractivity contribution in [3.63, 3.8) is 0 Å². The number of urea groups is 1. The Labute approximate surface area is 191 Å². The Kier molecular flexibility index (Phi) is 8.53. The van der Waals surface area contributed by atoms with Crippen LogP contribution in [0.2, 0.25) is 0 Å². The molecule has 5 atom stereocenters. The van der Waals surface area contributed by atoms with Gasteiger partial charge in [-0.05, 0) is 43.5 Å². The van der Waals surface area contributed by atoms with E-state index in [-0.39, 0.29) is 18.1 Å². The van der Waals surface area contributed by atoms with Crippen LogP contribution in [0.3, 0.4) is 0 Å². The number of hydrogen-bond acceptors (Lipinski definition) is 7. The number of aliphatic hydroxyl groups is 3. The average Bonchev–Trinajstić information content (AvgIpc) is 2.71. The highest BCUT2D eigenvalue weighted by Crippen LogP contribution is 2.30. The molecule has 4 amide bonds. The summed E-state index contributed by atoms with van der Waals surface area (Å²) in [6.45, 7) is 5.09. The van der Waals surface area contributed by atoms with Crippen LogP contribution >= 0.6 is 0 Å². The minimum Gasteiger partial charge on any atom is -0.390 e. The fourth-order valence-corrected chi connectivity index (χ4v) is 3.76. The summed E-state index contributed by atoms with van der Waals surface area (Å²) in [6.07, 6.45) is -3.58. The van der Waals surface area contributed by atoms with Crippen LogP contribution in [-0.2, 0) is 9.59 Å². The molecule has 0 aromatic heterocycles. The van der Waals surface area contributed by atoms with Crippen molar-refractivity contribution in [3.05, 3.63) is 29.8 Å². The Morgan fingerprint density at radius 1 is 1.12 bits per heavy atom. The van der Waals surface area contributed by atoms with Gasteiger partial charge in [0, 0.05) is 24.1 Å². The van der Waals surface area contributed by atoms with Gasteiger partial charge in [-0.2, -0.15) is 0 Å². The molecule has 0 saturated heterocycles. The Bertz CT molecular complexity index is 889. The molecule has 0 heterocycles. The fraction of sp³-hybridized carbons (Fsp3) is 0.545. The normalized spacial score (nSPS) is 25.7. The first-order valence-electron chi connectivity index (χ1n) is 10.7. The summed E-state index contributed by atoms with van der Waals surface area (Å²) >= 11 is 0. The lowest BCUT2D eigenvalue weighted by molar-refractivity contribution is -0.159. The molecule has 0 spiro atoms. The highest BCUT2D eigenvalue weighted by Gasteiger charge is 2.49. The Balaban J connectivity index is 2.08. The van der Waals surface area contributed by atoms with Gasteiger partial charge in [0.15, 0.2) is 5.78 Å². The molecule has 182 valence electrons. The molecule has 33 heavy (non-hydrogen) atoms. The van der Waals surface area contributed by atoms with Gasteiger partial charge in [0.1, 0.15) is 17.7 Å². The lowest BCUT2D eigenvalue weighted by Gasteiger charge is -2.41. The highest BCUT2D eigenvalue weighted by atomic mass is 16.3. The third kappa shape index (κ3) is 6.98. The minimum absolute atomic E-state index is 0.0406. The van der Waals surface area contributed by atoms with E-state index in [1.165, 1.54) is 31.2 Å². The Hall–Kier alpha value is -3.02. The predicted molar refractivity (Wildman–Crippen MR) is 119 cm³/mol. The van der Waals surface area contributed by atoms with Crippen molar-refractivity contribution in [2.24, 2.45) is 11.7 Å². The second kappa shape index (κ2) is 10.7. The topological polar surface area (TPSA) is 191 Å². The summed E-state index contributed by atoms with van der Waals surface area (Å²) in [7, 11) is 0. The molecule has 0 unspecified atom stereocenters. The maximum absolute atomic E-state index is 12.8. The summed E-state index contributed by atoms with van der Waals surface area (Å²) in [5.41, 5.74) is 4.03. The maximum atomic E-state index is 12.8. The van der Waals surface area contributed by atoms with Gasteiger partial charge in [-0.25, -0.2) is 4.79 Å². The van der Waals surface area contributed by atoms with E-state index in [0.717, 1.165) is 0 Å². The molecule has 1 aromatic carbocycles. The number of nitrogens with one attached hydrogen (secondary N) is 3. The van der Waals surface area contributed by atoms with Crippen LogP contribution in [0, 0.1) is 5.92 Å². The number of aliphatic hydroxyl groups excluding tert-OH is 2. The monoisotopic (exact) mass is 464 g/mol. The summed E-state index contributed by atoms with van der Waals surface area (Å²) in [5, 5.41) is 38.8. The van der Waals surface area contributed by atoms with Crippen LogP contribution in [0.4, 0.5) is 10.5 Å². The van der Waals surface area contributed by atoms with Crippen LogP contribution < -0.4 is 21.7 Å². The first kappa shape index (κ1) is 26.2. The summed E-state index contributed by atoms with van der Waals surface area (Å²) in [4.78, 5) is 48.2. The second-order valence-corrected chi connectivity index (χ2v) is 8.89. The van der Waals surface area contributed by atoms with Gasteiger partial charge in [-0.1, -0.05) is 13.8 Å². The van der Waals surface area contributed by atoms with Crippen molar-refractivity contribution in [2.75, 3.05) is 5.32 Å². The van der Waals surface area contributed by atoms with Gasteiger partial charge in [0.05, 0.1) is 12.1 Å². The SMILES string of the molecule is CC(=O)c1ccc(NC(=O)N[C@H]2C[C@@](O)(C(=O)N[C@H](CC(C)C)C(N)=O)C[C@@H](O)[C@@H]2O)cc1. The third-order valence-electron chi connectivity index (χ3n) is 5.56. The third-order valence-corrected chi connectivity index (χ3v) is 5.56. The van der Waals surface area contributed by atoms with E-state index in [0.29, 0.717) is 11.3 Å². The van der Waals surface area contributed by atoms with Crippen LogP contribution in [0.5, 0.6) is 0 Å². The highest BCUT2D eigenvalue weighted by molar-refractivity contribution is 5.95. The molecule has 1 aliphatic rings. The van der Waals surface area contributed by atoms with Crippen molar-refractivity contribution < 1.29 is 34.5 Å². The van der Waals surface area contributed by atoms with Gasteiger partial charge in [-0.15, -0.1) is 0 Å². The van der Waals surface area contributed by atoms with Crippen molar-refractivity contribution in [1.29, 1.82) is 0 Å². The first-order chi connectivity index (χ1) is 15.3. The largest absolute Gasteiger partial charge is 0.390 e. The number of carbonyl (C=O) groups is 4. The molecule has 1 aromatic rings. The van der Waals surface area contributed by atoms with Crippen LogP contribution in [0.1, 0.15) is 50.4 Å². The van der Waals surface area contributed by atoms with Crippen LogP contribution in [0.15, 0.2) is 24.3 Å². The molecule has 1 aliphatic carbocycles. The number of hydrogen-bond donors (Lipinski definition) is 7. The van der Waals surface area contributed by atoms with Crippen molar-refractivity contribution >= 4 is 29.3 Å². The number of amides is 4. The number of benzene rings is 1. The minimum atomic E-state index is -2.15. The zero-order valence-corrected chi connectivity index (χ0v) is 18.9. The smallest absolute Gasteiger partial charge is 0.319 e. The molecule has 0 radical (unpaired) electrons. The lowest BCUT2D eigenvalue weighted by Crippen LogP contribution is -2.64. The standard InChI is InChI=1S/C22H32N4O7/c1-11(2)8-15(19(23)30)25-20(31)22(33)9-16(18(29)17(28)10-22)26-21(32)24-14-6-4-13(5-7-14)12(3)27/h4-7,11,15-18,28-29,33H,8-10H2,1-3H3,(H2,23,30)(H,25,31)(H2,24,26,32)/t15-,16+,17-,18-,22+/m1/s1. The molecule has 0 bridgehead atoms. The van der Waals surface area contributed by atoms with E-state index in [2.05, 4.69) is 16.0 Å². The number of rotatable bonds is 8. The van der Waals surface area contributed by atoms with E-state index < -0.39 is 60.6 Å². The molecular weight excluding hydrogens is 432 g/mol. The Morgan fingerprint density at radius 2 is 1.73 bits per heavy atom. The summed E-state index contributed by atoms with van der Waals surface area (Å²) < 4.78 is 0. The maximum Gasteiger partial charge on any atom is 0.319 e. The zero-order valence-electron chi connectivity index (χ0n) is 18.9. The molecule has 1 saturated carbocycles. The van der Waals surface area contributed by atoms with Gasteiger partial charge in [-0.3, -0.25) is 14.4 Å². The summed E-state index contributed by atoms with van der Waals surface area (Å²) in [5.74, 6) is -1.78. The molecule has 8 N–H and O–H groups in total. The zero-order chi connectivity index (χ0) is 24.9. The van der Waals surface area contributed by atoms with Crippen molar-refractivity contribution in [1.82, 2.24) is 10.6 Å². The molecule has 11 heteroatoms. The number of anilines is 1. The number of Topliss-reactive ketones (excluding diaryl/α,β-unsaturated/α-hetero) is 1. The second-order valence-electron chi connectivity index (χ2n) is 8.89. The lowest BCUT2D eigenvalue weighted by atomic mass is 9.77. The van der Waals surface area contributed by atoms with E-state index in [9.17, 15) is 34.5 Å². The average molecular weight is 465 g/mol. The molecule has 0 aliphatic heterocycles. The van der Waals surface area contributed by atoms with E-state index in [1.807, 2.05) is 13.8 Å². The number of nitrogens with two attached hydrogens (primary N) is 1. The van der Waals surface area contributed by atoms with E-state index in [1.54, 1.807) is 0 Å². The van der Waals surface area contributed by atoms with Crippen molar-refractivity contribution in [3.8, 4) is 0 Å². The predicted octanol–water partition coefficient (Wildman–Crippen LogP) is -0.358. The molecule has 1 fully saturated rings. The van der Waals surface area contributed by atoms with Gasteiger partial charge in [0.2, 0.25) is 5.91 Å². The molecule has 11 nitrogen and oxygen atoms in total. The van der Waals surface area contributed by atoms with Gasteiger partial charge >= 0.3 is 6.03 Å².